The predicted molar refractivity (Wildman–Crippen MR) is 116 cm³/mol. The van der Waals surface area contributed by atoms with Gasteiger partial charge in [0.15, 0.2) is 5.82 Å². The first-order valence-corrected chi connectivity index (χ1v) is 10.8. The number of imidazole rings is 1. The highest BCUT2D eigenvalue weighted by molar-refractivity contribution is 5.88. The van der Waals surface area contributed by atoms with Crippen LogP contribution in [-0.4, -0.2) is 53.4 Å². The Labute approximate surface area is 185 Å². The number of rotatable bonds is 7. The number of aromatic nitrogens is 7. The number of hydrogen-bond acceptors (Lipinski definition) is 9. The minimum absolute atomic E-state index is 0.0855. The Kier molecular flexibility index (Phi) is 5.16. The number of aryl methyl sites for hydroxylation is 1. The normalized spacial score (nSPS) is 19.2. The lowest BCUT2D eigenvalue weighted by molar-refractivity contribution is 0.178. The van der Waals surface area contributed by atoms with Gasteiger partial charge in [-0.1, -0.05) is 6.92 Å². The van der Waals surface area contributed by atoms with Crippen LogP contribution in [0.3, 0.4) is 0 Å². The van der Waals surface area contributed by atoms with Gasteiger partial charge >= 0.3 is 6.09 Å². The maximum Gasteiger partial charge on any atom is 0.417 e. The number of anilines is 2. The lowest BCUT2D eigenvalue weighted by Gasteiger charge is -2.19. The van der Waals surface area contributed by atoms with Crippen LogP contribution < -0.4 is 10.2 Å². The molecule has 0 spiro atoms. The van der Waals surface area contributed by atoms with Crippen LogP contribution in [0.2, 0.25) is 0 Å². The summed E-state index contributed by atoms with van der Waals surface area (Å²) in [7, 11) is 0. The van der Waals surface area contributed by atoms with Crippen molar-refractivity contribution in [3.8, 4) is 5.82 Å². The monoisotopic (exact) mass is 435 g/mol. The van der Waals surface area contributed by atoms with Crippen molar-refractivity contribution < 1.29 is 9.53 Å². The second-order valence-electron chi connectivity index (χ2n) is 8.18. The fourth-order valence-corrected chi connectivity index (χ4v) is 3.67. The summed E-state index contributed by atoms with van der Waals surface area (Å²) in [6, 6.07) is 3.73. The molecule has 2 atom stereocenters. The predicted octanol–water partition coefficient (Wildman–Crippen LogP) is 2.94. The van der Waals surface area contributed by atoms with Crippen LogP contribution in [0.5, 0.6) is 0 Å². The number of nitrogens with one attached hydrogen (secondary N) is 1. The molecule has 0 radical (unpaired) electrons. The molecule has 5 rings (SSSR count). The molecule has 1 aliphatic carbocycles. The first kappa shape index (κ1) is 20.3. The van der Waals surface area contributed by atoms with E-state index in [0.717, 1.165) is 23.6 Å². The summed E-state index contributed by atoms with van der Waals surface area (Å²) in [5.41, 5.74) is 1.85. The third-order valence-electron chi connectivity index (χ3n) is 5.71. The van der Waals surface area contributed by atoms with E-state index >= 15 is 0 Å². The van der Waals surface area contributed by atoms with E-state index in [1.807, 2.05) is 36.7 Å². The van der Waals surface area contributed by atoms with Gasteiger partial charge in [-0.25, -0.2) is 14.7 Å². The summed E-state index contributed by atoms with van der Waals surface area (Å²) in [6.07, 6.45) is 6.32. The summed E-state index contributed by atoms with van der Waals surface area (Å²) in [5.74, 6) is 2.46. The third kappa shape index (κ3) is 3.97. The summed E-state index contributed by atoms with van der Waals surface area (Å²) >= 11 is 0. The lowest BCUT2D eigenvalue weighted by Crippen LogP contribution is -2.34. The van der Waals surface area contributed by atoms with Crippen molar-refractivity contribution in [2.75, 3.05) is 16.8 Å². The molecule has 0 aromatic carbocycles. The maximum absolute atomic E-state index is 12.2. The van der Waals surface area contributed by atoms with Crippen molar-refractivity contribution in [3.05, 3.63) is 41.9 Å². The molecule has 0 bridgehead atoms. The first-order chi connectivity index (χ1) is 15.5. The van der Waals surface area contributed by atoms with Crippen LogP contribution in [0.4, 0.5) is 16.7 Å². The molecule has 0 unspecified atom stereocenters. The van der Waals surface area contributed by atoms with Gasteiger partial charge in [0.2, 0.25) is 11.9 Å². The molecule has 4 heterocycles. The number of hydrogen-bond donors (Lipinski definition) is 1. The van der Waals surface area contributed by atoms with Gasteiger partial charge in [-0.3, -0.25) is 4.57 Å². The summed E-state index contributed by atoms with van der Waals surface area (Å²) in [6.45, 7) is 6.06. The Balaban J connectivity index is 1.32. The highest BCUT2D eigenvalue weighted by atomic mass is 16.6. The van der Waals surface area contributed by atoms with E-state index in [-0.39, 0.29) is 18.0 Å². The lowest BCUT2D eigenvalue weighted by atomic mass is 10.2. The summed E-state index contributed by atoms with van der Waals surface area (Å²) in [5, 5.41) is 11.9. The molecule has 1 amide bonds. The van der Waals surface area contributed by atoms with Gasteiger partial charge in [0.05, 0.1) is 23.5 Å². The second-order valence-corrected chi connectivity index (χ2v) is 8.18. The molecule has 1 aliphatic heterocycles. The molecule has 1 saturated carbocycles. The molecule has 32 heavy (non-hydrogen) atoms. The van der Waals surface area contributed by atoms with Gasteiger partial charge < -0.3 is 10.1 Å². The zero-order valence-electron chi connectivity index (χ0n) is 18.3. The van der Waals surface area contributed by atoms with Gasteiger partial charge in [0.1, 0.15) is 18.8 Å². The number of ether oxygens (including phenoxy) is 1. The van der Waals surface area contributed by atoms with Crippen molar-refractivity contribution in [2.24, 2.45) is 0 Å². The standard InChI is InChI=1S/C21H25N9O2/c1-4-15-10-32-21(31)30(15)20-25-13(3)24-19(26-20)23-12(2)17-9-29(11-22-17)18-8-7-16(27-28-18)14-5-6-14/h7-9,11-12,14-15H,4-6,10H2,1-3H3,(H,23,24,25,26)/t12-,15-/m0/s1. The zero-order chi connectivity index (χ0) is 22.2. The Morgan fingerprint density at radius 2 is 2.06 bits per heavy atom. The minimum atomic E-state index is -0.436. The van der Waals surface area contributed by atoms with Crippen molar-refractivity contribution in [3.63, 3.8) is 0 Å². The molecule has 166 valence electrons. The van der Waals surface area contributed by atoms with Crippen LogP contribution in [-0.2, 0) is 4.74 Å². The highest BCUT2D eigenvalue weighted by Gasteiger charge is 2.35. The molecular formula is C21H25N9O2. The van der Waals surface area contributed by atoms with Crippen LogP contribution in [0.25, 0.3) is 5.82 Å². The number of nitrogens with zero attached hydrogens (tertiary/aromatic N) is 8. The highest BCUT2D eigenvalue weighted by Crippen LogP contribution is 2.38. The van der Waals surface area contributed by atoms with E-state index in [2.05, 4.69) is 35.5 Å². The van der Waals surface area contributed by atoms with E-state index in [4.69, 9.17) is 4.74 Å². The smallest absolute Gasteiger partial charge is 0.417 e. The van der Waals surface area contributed by atoms with E-state index < -0.39 is 6.09 Å². The number of amides is 1. The van der Waals surface area contributed by atoms with Crippen LogP contribution in [0.1, 0.15) is 62.3 Å². The summed E-state index contributed by atoms with van der Waals surface area (Å²) in [4.78, 5) is 31.3. The second kappa shape index (κ2) is 8.13. The molecular weight excluding hydrogens is 410 g/mol. The largest absolute Gasteiger partial charge is 0.447 e. The van der Waals surface area contributed by atoms with E-state index in [1.165, 1.54) is 17.7 Å². The van der Waals surface area contributed by atoms with Gasteiger partial charge in [-0.2, -0.15) is 20.1 Å². The van der Waals surface area contributed by atoms with Crippen molar-refractivity contribution in [1.82, 2.24) is 34.7 Å². The molecule has 2 aliphatic rings. The van der Waals surface area contributed by atoms with E-state index in [0.29, 0.717) is 24.3 Å². The topological polar surface area (TPSA) is 124 Å². The van der Waals surface area contributed by atoms with Crippen LogP contribution >= 0.6 is 0 Å². The number of carbonyl (C=O) groups is 1. The van der Waals surface area contributed by atoms with Crippen molar-refractivity contribution >= 4 is 18.0 Å². The van der Waals surface area contributed by atoms with Crippen molar-refractivity contribution in [2.45, 2.75) is 58.0 Å². The molecule has 11 nitrogen and oxygen atoms in total. The molecule has 1 saturated heterocycles. The molecule has 11 heteroatoms. The average molecular weight is 435 g/mol. The average Bonchev–Trinajstić information content (AvgIpc) is 3.38. The number of cyclic esters (lactones) is 1. The number of carbonyl (C=O) groups excluding carboxylic acids is 1. The molecule has 3 aromatic rings. The van der Waals surface area contributed by atoms with E-state index in [9.17, 15) is 4.79 Å². The Hall–Kier alpha value is -3.63. The fraction of sp³-hybridized carbons (Fsp3) is 0.476. The SMILES string of the molecule is CC[C@H]1COC(=O)N1c1nc(C)nc(N[C@@H](C)c2cn(-c3ccc(C4CC4)nn3)cn2)n1. The Morgan fingerprint density at radius 1 is 1.22 bits per heavy atom. The first-order valence-electron chi connectivity index (χ1n) is 10.8. The molecule has 1 N–H and O–H groups in total. The minimum Gasteiger partial charge on any atom is -0.447 e. The van der Waals surface area contributed by atoms with Crippen molar-refractivity contribution in [1.29, 1.82) is 0 Å². The quantitative estimate of drug-likeness (QED) is 0.596. The Bertz CT molecular complexity index is 1130. The van der Waals surface area contributed by atoms with E-state index in [1.54, 1.807) is 13.3 Å². The zero-order valence-corrected chi connectivity index (χ0v) is 18.3. The Morgan fingerprint density at radius 3 is 2.78 bits per heavy atom. The maximum atomic E-state index is 12.2. The van der Waals surface area contributed by atoms with Gasteiger partial charge in [0.25, 0.3) is 0 Å². The molecule has 3 aromatic heterocycles. The van der Waals surface area contributed by atoms with Crippen LogP contribution in [0.15, 0.2) is 24.7 Å². The van der Waals surface area contributed by atoms with Gasteiger partial charge in [0, 0.05) is 12.1 Å². The van der Waals surface area contributed by atoms with Gasteiger partial charge in [-0.15, -0.1) is 5.10 Å². The summed E-state index contributed by atoms with van der Waals surface area (Å²) < 4.78 is 7.01. The molecule has 2 fully saturated rings. The van der Waals surface area contributed by atoms with Crippen LogP contribution in [0, 0.1) is 6.92 Å². The third-order valence-corrected chi connectivity index (χ3v) is 5.71. The fourth-order valence-electron chi connectivity index (χ4n) is 3.67. The van der Waals surface area contributed by atoms with Gasteiger partial charge in [-0.05, 0) is 45.2 Å².